The molecule has 23 heavy (non-hydrogen) atoms. The summed E-state index contributed by atoms with van der Waals surface area (Å²) in [5.41, 5.74) is 1.91. The van der Waals surface area contributed by atoms with Gasteiger partial charge in [0.2, 0.25) is 11.8 Å². The highest BCUT2D eigenvalue weighted by Crippen LogP contribution is 2.23. The molecule has 0 aliphatic carbocycles. The van der Waals surface area contributed by atoms with Gasteiger partial charge in [0.05, 0.1) is 0 Å². The first-order valence-corrected chi connectivity index (χ1v) is 7.84. The molecular weight excluding hydrogens is 294 g/mol. The second kappa shape index (κ2) is 7.26. The van der Waals surface area contributed by atoms with Crippen molar-refractivity contribution >= 4 is 23.5 Å². The van der Waals surface area contributed by atoms with Crippen LogP contribution in [0.1, 0.15) is 38.2 Å². The number of anilines is 1. The number of urea groups is 1. The fourth-order valence-electron chi connectivity index (χ4n) is 2.61. The third kappa shape index (κ3) is 4.09. The lowest BCUT2D eigenvalue weighted by Crippen LogP contribution is -2.32. The van der Waals surface area contributed by atoms with Crippen molar-refractivity contribution in [2.45, 2.75) is 32.6 Å². The normalized spacial score (nSPS) is 14.8. The largest absolute Gasteiger partial charge is 0.326 e. The van der Waals surface area contributed by atoms with E-state index in [1.165, 1.54) is 9.80 Å². The van der Waals surface area contributed by atoms with E-state index in [1.807, 2.05) is 24.3 Å². The van der Waals surface area contributed by atoms with E-state index in [9.17, 15) is 14.4 Å². The van der Waals surface area contributed by atoms with Crippen molar-refractivity contribution < 1.29 is 14.4 Å². The first kappa shape index (κ1) is 17.0. The van der Waals surface area contributed by atoms with E-state index >= 15 is 0 Å². The van der Waals surface area contributed by atoms with Gasteiger partial charge >= 0.3 is 6.03 Å². The van der Waals surface area contributed by atoms with E-state index in [0.717, 1.165) is 11.3 Å². The Hall–Kier alpha value is -2.37. The summed E-state index contributed by atoms with van der Waals surface area (Å²) in [6.45, 7) is 4.55. The van der Waals surface area contributed by atoms with Crippen LogP contribution in [0.4, 0.5) is 10.5 Å². The first-order chi connectivity index (χ1) is 10.9. The van der Waals surface area contributed by atoms with Crippen LogP contribution in [0.25, 0.3) is 0 Å². The fourth-order valence-corrected chi connectivity index (χ4v) is 2.61. The van der Waals surface area contributed by atoms with Crippen molar-refractivity contribution in [3.8, 4) is 0 Å². The molecule has 0 unspecified atom stereocenters. The monoisotopic (exact) mass is 317 g/mol. The zero-order valence-electron chi connectivity index (χ0n) is 13.8. The van der Waals surface area contributed by atoms with Gasteiger partial charge in [-0.05, 0) is 24.0 Å². The van der Waals surface area contributed by atoms with Crippen molar-refractivity contribution in [1.82, 2.24) is 9.80 Å². The van der Waals surface area contributed by atoms with Crippen LogP contribution >= 0.6 is 0 Å². The maximum atomic E-state index is 12.1. The summed E-state index contributed by atoms with van der Waals surface area (Å²) in [5, 5.41) is 2.91. The van der Waals surface area contributed by atoms with Gasteiger partial charge in [-0.25, -0.2) is 4.79 Å². The molecule has 1 aliphatic rings. The molecule has 1 saturated heterocycles. The van der Waals surface area contributed by atoms with Crippen LogP contribution in [0.5, 0.6) is 0 Å². The van der Waals surface area contributed by atoms with Gasteiger partial charge < -0.3 is 10.2 Å². The second-order valence-electron chi connectivity index (χ2n) is 6.08. The summed E-state index contributed by atoms with van der Waals surface area (Å²) in [5.74, 6) is 0.00971. The van der Waals surface area contributed by atoms with Crippen LogP contribution in [-0.2, 0) is 9.59 Å². The molecule has 1 N–H and O–H groups in total. The SMILES string of the molecule is CC(C)c1ccccc1NC(=O)CCCN1C(=O)CN(C)C1=O. The molecular formula is C17H23N3O3. The lowest BCUT2D eigenvalue weighted by molar-refractivity contribution is -0.125. The third-order valence-corrected chi connectivity index (χ3v) is 3.87. The molecule has 1 aromatic carbocycles. The number of para-hydroxylation sites is 1. The number of rotatable bonds is 6. The lowest BCUT2D eigenvalue weighted by Gasteiger charge is -2.15. The number of carbonyl (C=O) groups is 3. The van der Waals surface area contributed by atoms with Crippen LogP contribution in [0.3, 0.4) is 0 Å². The van der Waals surface area contributed by atoms with E-state index in [4.69, 9.17) is 0 Å². The van der Waals surface area contributed by atoms with Gasteiger partial charge in [-0.1, -0.05) is 32.0 Å². The minimum absolute atomic E-state index is 0.106. The summed E-state index contributed by atoms with van der Waals surface area (Å²) in [7, 11) is 1.59. The van der Waals surface area contributed by atoms with Crippen LogP contribution in [0.2, 0.25) is 0 Å². The van der Waals surface area contributed by atoms with Gasteiger partial charge in [-0.2, -0.15) is 0 Å². The average Bonchev–Trinajstić information content (AvgIpc) is 2.73. The van der Waals surface area contributed by atoms with Gasteiger partial charge in [0.25, 0.3) is 0 Å². The number of imide groups is 1. The molecule has 0 atom stereocenters. The smallest absolute Gasteiger partial charge is 0.326 e. The highest BCUT2D eigenvalue weighted by atomic mass is 16.2. The quantitative estimate of drug-likeness (QED) is 0.819. The number of benzene rings is 1. The summed E-state index contributed by atoms with van der Waals surface area (Å²) in [6.07, 6.45) is 0.730. The second-order valence-corrected chi connectivity index (χ2v) is 6.08. The number of hydrogen-bond acceptors (Lipinski definition) is 3. The Morgan fingerprint density at radius 1 is 1.26 bits per heavy atom. The number of nitrogens with zero attached hydrogens (tertiary/aromatic N) is 2. The lowest BCUT2D eigenvalue weighted by atomic mass is 10.0. The van der Waals surface area contributed by atoms with Crippen molar-refractivity contribution in [1.29, 1.82) is 0 Å². The zero-order chi connectivity index (χ0) is 17.0. The van der Waals surface area contributed by atoms with Crippen LogP contribution in [0.15, 0.2) is 24.3 Å². The molecule has 0 spiro atoms. The molecule has 1 heterocycles. The fraction of sp³-hybridized carbons (Fsp3) is 0.471. The van der Waals surface area contributed by atoms with Gasteiger partial charge in [0.1, 0.15) is 6.54 Å². The Kier molecular flexibility index (Phi) is 5.36. The Morgan fingerprint density at radius 2 is 1.96 bits per heavy atom. The number of carbonyl (C=O) groups excluding carboxylic acids is 3. The van der Waals surface area contributed by atoms with E-state index in [1.54, 1.807) is 7.05 Å². The summed E-state index contributed by atoms with van der Waals surface area (Å²) < 4.78 is 0. The zero-order valence-corrected chi connectivity index (χ0v) is 13.8. The minimum Gasteiger partial charge on any atom is -0.326 e. The molecule has 0 bridgehead atoms. The van der Waals surface area contributed by atoms with Crippen LogP contribution in [0, 0.1) is 0 Å². The average molecular weight is 317 g/mol. The molecule has 1 aromatic rings. The van der Waals surface area contributed by atoms with Gasteiger partial charge in [0.15, 0.2) is 0 Å². The number of hydrogen-bond donors (Lipinski definition) is 1. The standard InChI is InChI=1S/C17H23N3O3/c1-12(2)13-7-4-5-8-14(13)18-15(21)9-6-10-20-16(22)11-19(3)17(20)23/h4-5,7-8,12H,6,9-11H2,1-3H3,(H,18,21). The number of amides is 4. The minimum atomic E-state index is -0.291. The highest BCUT2D eigenvalue weighted by molar-refractivity contribution is 6.01. The topological polar surface area (TPSA) is 69.7 Å². The number of nitrogens with one attached hydrogen (secondary N) is 1. The Balaban J connectivity index is 1.85. The van der Waals surface area contributed by atoms with E-state index < -0.39 is 0 Å². The molecule has 0 aromatic heterocycles. The van der Waals surface area contributed by atoms with E-state index in [0.29, 0.717) is 12.3 Å². The maximum Gasteiger partial charge on any atom is 0.326 e. The van der Waals surface area contributed by atoms with Gasteiger partial charge in [-0.3, -0.25) is 14.5 Å². The van der Waals surface area contributed by atoms with Crippen LogP contribution < -0.4 is 5.32 Å². The highest BCUT2D eigenvalue weighted by Gasteiger charge is 2.32. The predicted molar refractivity (Wildman–Crippen MR) is 88.1 cm³/mol. The van der Waals surface area contributed by atoms with E-state index in [-0.39, 0.29) is 37.4 Å². The Morgan fingerprint density at radius 3 is 2.57 bits per heavy atom. The molecule has 6 nitrogen and oxygen atoms in total. The molecule has 4 amide bonds. The van der Waals surface area contributed by atoms with Gasteiger partial charge in [-0.15, -0.1) is 0 Å². The Bertz CT molecular complexity index is 613. The molecule has 0 saturated carbocycles. The Labute approximate surface area is 136 Å². The summed E-state index contributed by atoms with van der Waals surface area (Å²) in [4.78, 5) is 38.0. The summed E-state index contributed by atoms with van der Waals surface area (Å²) >= 11 is 0. The molecule has 1 fully saturated rings. The number of likely N-dealkylation sites (N-methyl/N-ethyl adjacent to an activating group) is 1. The van der Waals surface area contributed by atoms with Crippen LogP contribution in [-0.4, -0.2) is 47.8 Å². The molecule has 1 aliphatic heterocycles. The van der Waals surface area contributed by atoms with Crippen molar-refractivity contribution in [3.05, 3.63) is 29.8 Å². The van der Waals surface area contributed by atoms with Crippen molar-refractivity contribution in [2.75, 3.05) is 25.5 Å². The predicted octanol–water partition coefficient (Wildman–Crippen LogP) is 2.42. The third-order valence-electron chi connectivity index (χ3n) is 3.87. The van der Waals surface area contributed by atoms with E-state index in [2.05, 4.69) is 19.2 Å². The van der Waals surface area contributed by atoms with Crippen molar-refractivity contribution in [2.24, 2.45) is 0 Å². The molecule has 6 heteroatoms. The molecule has 124 valence electrons. The summed E-state index contributed by atoms with van der Waals surface area (Å²) in [6, 6.07) is 7.43. The first-order valence-electron chi connectivity index (χ1n) is 7.84. The van der Waals surface area contributed by atoms with Crippen molar-refractivity contribution in [3.63, 3.8) is 0 Å². The maximum absolute atomic E-state index is 12.1. The molecule has 0 radical (unpaired) electrons. The van der Waals surface area contributed by atoms with Gasteiger partial charge in [0, 0.05) is 25.7 Å². The molecule has 2 rings (SSSR count).